The molecule has 18 heavy (non-hydrogen) atoms. The van der Waals surface area contributed by atoms with E-state index >= 15 is 0 Å². The molecule has 0 atom stereocenters. The van der Waals surface area contributed by atoms with E-state index in [1.54, 1.807) is 7.11 Å². The summed E-state index contributed by atoms with van der Waals surface area (Å²) < 4.78 is 26.3. The summed E-state index contributed by atoms with van der Waals surface area (Å²) in [6.45, 7) is 6.85. The van der Waals surface area contributed by atoms with Crippen molar-refractivity contribution in [2.45, 2.75) is 6.10 Å². The molecule has 0 radical (unpaired) electrons. The third kappa shape index (κ3) is 8.79. The highest BCUT2D eigenvalue weighted by Crippen LogP contribution is 1.96. The zero-order chi connectivity index (χ0) is 12.9. The Bertz CT molecular complexity index is 178. The fourth-order valence-corrected chi connectivity index (χ4v) is 1.34. The SMILES string of the molecule is COCCOCCOCCOCCOC1CNC1. The van der Waals surface area contributed by atoms with Gasteiger partial charge in [0.1, 0.15) is 0 Å². The Hall–Kier alpha value is -0.240. The highest BCUT2D eigenvalue weighted by molar-refractivity contribution is 4.74. The largest absolute Gasteiger partial charge is 0.382 e. The number of nitrogens with one attached hydrogen (secondary N) is 1. The minimum Gasteiger partial charge on any atom is -0.382 e. The van der Waals surface area contributed by atoms with Crippen molar-refractivity contribution >= 4 is 0 Å². The van der Waals surface area contributed by atoms with Gasteiger partial charge in [-0.25, -0.2) is 0 Å². The summed E-state index contributed by atoms with van der Waals surface area (Å²) in [6.07, 6.45) is 0.383. The summed E-state index contributed by atoms with van der Waals surface area (Å²) in [6, 6.07) is 0. The van der Waals surface area contributed by atoms with Gasteiger partial charge in [-0.1, -0.05) is 0 Å². The van der Waals surface area contributed by atoms with E-state index in [2.05, 4.69) is 5.32 Å². The van der Waals surface area contributed by atoms with Crippen LogP contribution in [0.15, 0.2) is 0 Å². The molecule has 1 heterocycles. The fourth-order valence-electron chi connectivity index (χ4n) is 1.34. The van der Waals surface area contributed by atoms with Gasteiger partial charge in [-0.05, 0) is 0 Å². The molecule has 0 aromatic rings. The summed E-state index contributed by atoms with van der Waals surface area (Å²) in [7, 11) is 1.66. The first kappa shape index (κ1) is 15.8. The molecule has 1 saturated heterocycles. The normalized spacial score (nSPS) is 15.8. The second-order valence-corrected chi connectivity index (χ2v) is 3.98. The van der Waals surface area contributed by atoms with Crippen LogP contribution in [0.3, 0.4) is 0 Å². The van der Waals surface area contributed by atoms with Crippen LogP contribution in [0.5, 0.6) is 0 Å². The quantitative estimate of drug-likeness (QED) is 0.459. The zero-order valence-electron chi connectivity index (χ0n) is 11.2. The molecule has 0 spiro atoms. The van der Waals surface area contributed by atoms with E-state index in [0.717, 1.165) is 13.1 Å². The van der Waals surface area contributed by atoms with Gasteiger partial charge in [-0.15, -0.1) is 0 Å². The molecule has 6 heteroatoms. The molecule has 0 aliphatic carbocycles. The van der Waals surface area contributed by atoms with Crippen LogP contribution >= 0.6 is 0 Å². The predicted octanol–water partition coefficient (Wildman–Crippen LogP) is -0.329. The highest BCUT2D eigenvalue weighted by Gasteiger charge is 2.16. The molecule has 1 aliphatic rings. The van der Waals surface area contributed by atoms with Crippen molar-refractivity contribution in [1.29, 1.82) is 0 Å². The van der Waals surface area contributed by atoms with E-state index in [1.165, 1.54) is 0 Å². The van der Waals surface area contributed by atoms with Crippen LogP contribution < -0.4 is 5.32 Å². The maximum atomic E-state index is 5.50. The number of rotatable bonds is 13. The Labute approximate surface area is 109 Å². The van der Waals surface area contributed by atoms with Gasteiger partial charge in [0.2, 0.25) is 0 Å². The maximum absolute atomic E-state index is 5.50. The molecule has 1 N–H and O–H groups in total. The minimum atomic E-state index is 0.383. The van der Waals surface area contributed by atoms with Gasteiger partial charge >= 0.3 is 0 Å². The fraction of sp³-hybridized carbons (Fsp3) is 1.00. The van der Waals surface area contributed by atoms with E-state index in [9.17, 15) is 0 Å². The van der Waals surface area contributed by atoms with Crippen molar-refractivity contribution in [3.05, 3.63) is 0 Å². The van der Waals surface area contributed by atoms with E-state index in [1.807, 2.05) is 0 Å². The molecule has 0 bridgehead atoms. The standard InChI is InChI=1S/C12H25NO5/c1-14-2-3-15-4-5-16-6-7-17-8-9-18-12-10-13-11-12/h12-13H,2-11H2,1H3. The van der Waals surface area contributed by atoms with Gasteiger partial charge in [-0.3, -0.25) is 0 Å². The van der Waals surface area contributed by atoms with Crippen molar-refractivity contribution in [2.75, 3.05) is 73.1 Å². The van der Waals surface area contributed by atoms with Crippen LogP contribution in [-0.2, 0) is 23.7 Å². The van der Waals surface area contributed by atoms with Gasteiger partial charge < -0.3 is 29.0 Å². The number of hydrogen-bond acceptors (Lipinski definition) is 6. The number of methoxy groups -OCH3 is 1. The van der Waals surface area contributed by atoms with Crippen molar-refractivity contribution in [1.82, 2.24) is 5.32 Å². The molecule has 0 unspecified atom stereocenters. The smallest absolute Gasteiger partial charge is 0.0824 e. The second kappa shape index (κ2) is 11.8. The predicted molar refractivity (Wildman–Crippen MR) is 66.9 cm³/mol. The molecule has 1 fully saturated rings. The molecule has 108 valence electrons. The zero-order valence-corrected chi connectivity index (χ0v) is 11.2. The minimum absolute atomic E-state index is 0.383. The van der Waals surface area contributed by atoms with Gasteiger partial charge in [0.15, 0.2) is 0 Å². The lowest BCUT2D eigenvalue weighted by Crippen LogP contribution is -2.48. The Morgan fingerprint density at radius 3 is 1.72 bits per heavy atom. The first-order valence-electron chi connectivity index (χ1n) is 6.48. The van der Waals surface area contributed by atoms with Crippen LogP contribution in [0.2, 0.25) is 0 Å². The van der Waals surface area contributed by atoms with Crippen LogP contribution in [0.25, 0.3) is 0 Å². The molecular formula is C12H25NO5. The molecule has 1 rings (SSSR count). The third-order valence-corrected chi connectivity index (χ3v) is 2.50. The molecule has 0 aromatic carbocycles. The molecule has 0 aromatic heterocycles. The summed E-state index contributed by atoms with van der Waals surface area (Å²) in [5.41, 5.74) is 0. The molecule has 0 saturated carbocycles. The second-order valence-electron chi connectivity index (χ2n) is 3.98. The van der Waals surface area contributed by atoms with Crippen LogP contribution in [0.4, 0.5) is 0 Å². The highest BCUT2D eigenvalue weighted by atomic mass is 16.6. The molecule has 6 nitrogen and oxygen atoms in total. The van der Waals surface area contributed by atoms with E-state index in [4.69, 9.17) is 23.7 Å². The number of ether oxygens (including phenoxy) is 5. The van der Waals surface area contributed by atoms with E-state index in [0.29, 0.717) is 59.0 Å². The first-order valence-corrected chi connectivity index (χ1v) is 6.48. The average Bonchev–Trinajstić information content (AvgIpc) is 2.33. The summed E-state index contributed by atoms with van der Waals surface area (Å²) >= 11 is 0. The van der Waals surface area contributed by atoms with Gasteiger partial charge in [0, 0.05) is 20.2 Å². The number of hydrogen-bond donors (Lipinski definition) is 1. The topological polar surface area (TPSA) is 58.2 Å². The van der Waals surface area contributed by atoms with Gasteiger partial charge in [0.25, 0.3) is 0 Å². The summed E-state index contributed by atoms with van der Waals surface area (Å²) in [5, 5.41) is 3.15. The Morgan fingerprint density at radius 1 is 0.778 bits per heavy atom. The summed E-state index contributed by atoms with van der Waals surface area (Å²) in [4.78, 5) is 0. The van der Waals surface area contributed by atoms with Gasteiger partial charge in [0.05, 0.1) is 59.0 Å². The average molecular weight is 263 g/mol. The van der Waals surface area contributed by atoms with E-state index < -0.39 is 0 Å². The Balaban J connectivity index is 1.63. The van der Waals surface area contributed by atoms with Crippen molar-refractivity contribution in [2.24, 2.45) is 0 Å². The monoisotopic (exact) mass is 263 g/mol. The van der Waals surface area contributed by atoms with E-state index in [-0.39, 0.29) is 0 Å². The molecule has 0 amide bonds. The Kier molecular flexibility index (Phi) is 10.4. The summed E-state index contributed by atoms with van der Waals surface area (Å²) in [5.74, 6) is 0. The van der Waals surface area contributed by atoms with Crippen molar-refractivity contribution in [3.8, 4) is 0 Å². The van der Waals surface area contributed by atoms with Gasteiger partial charge in [-0.2, -0.15) is 0 Å². The Morgan fingerprint density at radius 2 is 1.28 bits per heavy atom. The molecular weight excluding hydrogens is 238 g/mol. The van der Waals surface area contributed by atoms with Crippen LogP contribution in [0.1, 0.15) is 0 Å². The lowest BCUT2D eigenvalue weighted by Gasteiger charge is -2.26. The third-order valence-electron chi connectivity index (χ3n) is 2.50. The van der Waals surface area contributed by atoms with Crippen LogP contribution in [0, 0.1) is 0 Å². The lowest BCUT2D eigenvalue weighted by atomic mass is 10.2. The molecule has 1 aliphatic heterocycles. The van der Waals surface area contributed by atoms with Crippen LogP contribution in [-0.4, -0.2) is 79.2 Å². The lowest BCUT2D eigenvalue weighted by molar-refractivity contribution is -0.0324. The first-order chi connectivity index (χ1) is 8.93. The van der Waals surface area contributed by atoms with Crippen molar-refractivity contribution in [3.63, 3.8) is 0 Å². The van der Waals surface area contributed by atoms with Crippen molar-refractivity contribution < 1.29 is 23.7 Å². The maximum Gasteiger partial charge on any atom is 0.0824 e.